The summed E-state index contributed by atoms with van der Waals surface area (Å²) in [5.41, 5.74) is 0.399. The molecule has 0 radical (unpaired) electrons. The number of hydrogen-bond donors (Lipinski definition) is 1. The highest BCUT2D eigenvalue weighted by molar-refractivity contribution is 7.86. The van der Waals surface area contributed by atoms with Crippen molar-refractivity contribution in [3.05, 3.63) is 23.2 Å². The van der Waals surface area contributed by atoms with E-state index >= 15 is 0 Å². The summed E-state index contributed by atoms with van der Waals surface area (Å²) in [5, 5.41) is 3.10. The van der Waals surface area contributed by atoms with Crippen molar-refractivity contribution in [1.29, 1.82) is 0 Å². The minimum Gasteiger partial charge on any atom is -0.495 e. The molecule has 2 rings (SSSR count). The Balaban J connectivity index is 2.05. The number of benzene rings is 1. The first-order valence-corrected chi connectivity index (χ1v) is 10.3. The van der Waals surface area contributed by atoms with Gasteiger partial charge in [0.25, 0.3) is 10.2 Å². The van der Waals surface area contributed by atoms with Gasteiger partial charge < -0.3 is 10.1 Å². The van der Waals surface area contributed by atoms with Crippen molar-refractivity contribution in [2.45, 2.75) is 20.3 Å². The average molecular weight is 404 g/mol. The molecule has 0 aliphatic carbocycles. The predicted molar refractivity (Wildman–Crippen MR) is 103 cm³/mol. The maximum Gasteiger partial charge on any atom is 0.282 e. The van der Waals surface area contributed by atoms with Crippen LogP contribution >= 0.6 is 11.6 Å². The SMILES string of the molecule is COc1ccc(Cl)cc1NC(=O)CN(C)S(=O)(=O)N1C[C@@H](C)C[C@H](C)C1. The first-order chi connectivity index (χ1) is 12.1. The number of carbonyl (C=O) groups is 1. The van der Waals surface area contributed by atoms with Gasteiger partial charge in [-0.15, -0.1) is 0 Å². The second kappa shape index (κ2) is 8.56. The van der Waals surface area contributed by atoms with E-state index in [-0.39, 0.29) is 6.54 Å². The van der Waals surface area contributed by atoms with Crippen LogP contribution < -0.4 is 10.1 Å². The van der Waals surface area contributed by atoms with E-state index in [1.54, 1.807) is 18.2 Å². The maximum absolute atomic E-state index is 12.8. The third-order valence-electron chi connectivity index (χ3n) is 4.36. The van der Waals surface area contributed by atoms with Gasteiger partial charge in [0.2, 0.25) is 5.91 Å². The van der Waals surface area contributed by atoms with Crippen molar-refractivity contribution in [2.75, 3.05) is 39.1 Å². The Hall–Kier alpha value is -1.35. The number of hydrogen-bond acceptors (Lipinski definition) is 4. The van der Waals surface area contributed by atoms with Crippen LogP contribution in [0.4, 0.5) is 5.69 Å². The molecule has 9 heteroatoms. The smallest absolute Gasteiger partial charge is 0.282 e. The molecule has 1 aliphatic heterocycles. The Labute approximate surface area is 160 Å². The number of ether oxygens (including phenoxy) is 1. The van der Waals surface area contributed by atoms with Crippen molar-refractivity contribution in [2.24, 2.45) is 11.8 Å². The number of rotatable bonds is 6. The normalized spacial score (nSPS) is 21.6. The number of likely N-dealkylation sites (N-methyl/N-ethyl adjacent to an activating group) is 1. The summed E-state index contributed by atoms with van der Waals surface area (Å²) in [7, 11) is -0.799. The molecule has 1 N–H and O–H groups in total. The van der Waals surface area contributed by atoms with Gasteiger partial charge in [0.05, 0.1) is 19.3 Å². The van der Waals surface area contributed by atoms with Gasteiger partial charge in [0.1, 0.15) is 5.75 Å². The van der Waals surface area contributed by atoms with Crippen LogP contribution in [0.1, 0.15) is 20.3 Å². The van der Waals surface area contributed by atoms with Crippen LogP contribution in [0, 0.1) is 11.8 Å². The van der Waals surface area contributed by atoms with Crippen LogP contribution in [0.5, 0.6) is 5.75 Å². The number of halogens is 1. The first kappa shape index (κ1) is 21.0. The second-order valence-corrected chi connectivity index (χ2v) is 9.39. The average Bonchev–Trinajstić information content (AvgIpc) is 2.54. The van der Waals surface area contributed by atoms with Crippen LogP contribution in [0.3, 0.4) is 0 Å². The molecule has 0 saturated carbocycles. The first-order valence-electron chi connectivity index (χ1n) is 8.48. The summed E-state index contributed by atoms with van der Waals surface area (Å²) in [6.07, 6.45) is 1.00. The Kier molecular flexibility index (Phi) is 6.90. The minimum absolute atomic E-state index is 0.294. The molecule has 1 saturated heterocycles. The van der Waals surface area contributed by atoms with Gasteiger partial charge in [-0.1, -0.05) is 25.4 Å². The zero-order valence-electron chi connectivity index (χ0n) is 15.5. The van der Waals surface area contributed by atoms with E-state index in [4.69, 9.17) is 16.3 Å². The fraction of sp³-hybridized carbons (Fsp3) is 0.588. The second-order valence-electron chi connectivity index (χ2n) is 6.92. The Morgan fingerprint density at radius 1 is 1.35 bits per heavy atom. The zero-order valence-corrected chi connectivity index (χ0v) is 17.1. The summed E-state index contributed by atoms with van der Waals surface area (Å²) in [5.74, 6) is 0.583. The monoisotopic (exact) mass is 403 g/mol. The Morgan fingerprint density at radius 3 is 2.54 bits per heavy atom. The van der Waals surface area contributed by atoms with Crippen LogP contribution in [0.15, 0.2) is 18.2 Å². The Morgan fingerprint density at radius 2 is 1.96 bits per heavy atom. The molecule has 1 amide bonds. The molecule has 146 valence electrons. The largest absolute Gasteiger partial charge is 0.495 e. The van der Waals surface area contributed by atoms with Crippen molar-refractivity contribution in [3.8, 4) is 5.75 Å². The number of carbonyl (C=O) groups excluding carboxylic acids is 1. The zero-order chi connectivity index (χ0) is 19.5. The van der Waals surface area contributed by atoms with E-state index in [2.05, 4.69) is 5.32 Å². The van der Waals surface area contributed by atoms with Crippen LogP contribution in [-0.2, 0) is 15.0 Å². The van der Waals surface area contributed by atoms with Gasteiger partial charge in [-0.2, -0.15) is 17.0 Å². The molecule has 26 heavy (non-hydrogen) atoms. The van der Waals surface area contributed by atoms with Gasteiger partial charge in [-0.3, -0.25) is 4.79 Å². The number of anilines is 1. The number of methoxy groups -OCH3 is 1. The number of piperidine rings is 1. The molecule has 7 nitrogen and oxygen atoms in total. The molecule has 0 unspecified atom stereocenters. The molecule has 0 spiro atoms. The molecule has 2 atom stereocenters. The molecule has 0 aromatic heterocycles. The third kappa shape index (κ3) is 5.09. The van der Waals surface area contributed by atoms with E-state index in [0.29, 0.717) is 41.4 Å². The minimum atomic E-state index is -3.69. The lowest BCUT2D eigenvalue weighted by Crippen LogP contribution is -2.49. The standard InChI is InChI=1S/C17H26ClN3O4S/c1-12-7-13(2)10-21(9-12)26(23,24)20(3)11-17(22)19-15-8-14(18)5-6-16(15)25-4/h5-6,8,12-13H,7,9-11H2,1-4H3,(H,19,22)/t12-,13-/m0/s1. The summed E-state index contributed by atoms with van der Waals surface area (Å²) in [6.45, 7) is 4.73. The summed E-state index contributed by atoms with van der Waals surface area (Å²) < 4.78 is 33.2. The highest BCUT2D eigenvalue weighted by Gasteiger charge is 2.33. The highest BCUT2D eigenvalue weighted by Crippen LogP contribution is 2.28. The lowest BCUT2D eigenvalue weighted by molar-refractivity contribution is -0.116. The molecule has 1 aromatic carbocycles. The number of nitrogens with zero attached hydrogens (tertiary/aromatic N) is 2. The van der Waals surface area contributed by atoms with E-state index in [0.717, 1.165) is 10.7 Å². The molecule has 1 aliphatic rings. The number of amides is 1. The van der Waals surface area contributed by atoms with Crippen molar-refractivity contribution in [3.63, 3.8) is 0 Å². The van der Waals surface area contributed by atoms with Crippen LogP contribution in [0.25, 0.3) is 0 Å². The molecule has 1 heterocycles. The quantitative estimate of drug-likeness (QED) is 0.791. The van der Waals surface area contributed by atoms with Gasteiger partial charge >= 0.3 is 0 Å². The van der Waals surface area contributed by atoms with Gasteiger partial charge in [-0.05, 0) is 36.5 Å². The van der Waals surface area contributed by atoms with Crippen molar-refractivity contribution in [1.82, 2.24) is 8.61 Å². The molecule has 0 bridgehead atoms. The molecular weight excluding hydrogens is 378 g/mol. The lowest BCUT2D eigenvalue weighted by Gasteiger charge is -2.36. The fourth-order valence-electron chi connectivity index (χ4n) is 3.24. The molecule has 1 aromatic rings. The van der Waals surface area contributed by atoms with Gasteiger partial charge in [-0.25, -0.2) is 0 Å². The summed E-state index contributed by atoms with van der Waals surface area (Å²) >= 11 is 5.94. The predicted octanol–water partition coefficient (Wildman–Crippen LogP) is 2.44. The van der Waals surface area contributed by atoms with E-state index in [1.165, 1.54) is 18.5 Å². The highest BCUT2D eigenvalue weighted by atomic mass is 35.5. The summed E-state index contributed by atoms with van der Waals surface area (Å²) in [6, 6.07) is 4.83. The van der Waals surface area contributed by atoms with Crippen LogP contribution in [-0.4, -0.2) is 56.7 Å². The van der Waals surface area contributed by atoms with E-state index < -0.39 is 16.1 Å². The van der Waals surface area contributed by atoms with Crippen LogP contribution in [0.2, 0.25) is 5.02 Å². The number of nitrogens with one attached hydrogen (secondary N) is 1. The molecule has 1 fully saturated rings. The Bertz CT molecular complexity index is 746. The lowest BCUT2D eigenvalue weighted by atomic mass is 9.94. The van der Waals surface area contributed by atoms with Gasteiger partial charge in [0, 0.05) is 25.2 Å². The van der Waals surface area contributed by atoms with E-state index in [9.17, 15) is 13.2 Å². The summed E-state index contributed by atoms with van der Waals surface area (Å²) in [4.78, 5) is 12.3. The van der Waals surface area contributed by atoms with Crippen molar-refractivity contribution >= 4 is 33.4 Å². The molecular formula is C17H26ClN3O4S. The van der Waals surface area contributed by atoms with E-state index in [1.807, 2.05) is 13.8 Å². The maximum atomic E-state index is 12.8. The van der Waals surface area contributed by atoms with Gasteiger partial charge in [0.15, 0.2) is 0 Å². The van der Waals surface area contributed by atoms with Crippen molar-refractivity contribution < 1.29 is 17.9 Å². The fourth-order valence-corrected chi connectivity index (χ4v) is 4.98. The topological polar surface area (TPSA) is 79.0 Å². The third-order valence-corrected chi connectivity index (χ3v) is 6.46.